The van der Waals surface area contributed by atoms with Gasteiger partial charge in [0.25, 0.3) is 0 Å². The third-order valence-corrected chi connectivity index (χ3v) is 7.13. The van der Waals surface area contributed by atoms with Gasteiger partial charge in [0.15, 0.2) is 0 Å². The average Bonchev–Trinajstić information content (AvgIpc) is 2.57. The molecule has 1 atom stereocenters. The van der Waals surface area contributed by atoms with Gasteiger partial charge in [-0.05, 0) is 24.8 Å². The summed E-state index contributed by atoms with van der Waals surface area (Å²) in [6, 6.07) is 10.9. The number of hydrogen-bond donors (Lipinski definition) is 2. The Morgan fingerprint density at radius 1 is 1.12 bits per heavy atom. The van der Waals surface area contributed by atoms with Gasteiger partial charge in [-0.25, -0.2) is 0 Å². The SMILES string of the molecule is C=CC(Cc1ccccc1)C(N)(N)CCC[Si](OC)(OC)OC.Cl. The molecule has 0 aromatic heterocycles. The van der Waals surface area contributed by atoms with E-state index in [9.17, 15) is 0 Å². The van der Waals surface area contributed by atoms with Gasteiger partial charge in [-0.2, -0.15) is 0 Å². The van der Waals surface area contributed by atoms with Crippen LogP contribution in [0.5, 0.6) is 0 Å². The molecular formula is C17H31ClN2O3Si. The van der Waals surface area contributed by atoms with E-state index >= 15 is 0 Å². The van der Waals surface area contributed by atoms with Crippen molar-refractivity contribution in [3.8, 4) is 0 Å². The normalized spacial score (nSPS) is 13.2. The fourth-order valence-corrected chi connectivity index (χ4v) is 4.44. The number of hydrogen-bond acceptors (Lipinski definition) is 5. The molecule has 0 aliphatic carbocycles. The zero-order chi connectivity index (χ0) is 17.3. The van der Waals surface area contributed by atoms with Crippen molar-refractivity contribution < 1.29 is 13.3 Å². The van der Waals surface area contributed by atoms with E-state index in [1.54, 1.807) is 21.3 Å². The predicted octanol–water partition coefficient (Wildman–Crippen LogP) is 2.73. The Labute approximate surface area is 153 Å². The largest absolute Gasteiger partial charge is 0.500 e. The second kappa shape index (κ2) is 11.0. The first-order chi connectivity index (χ1) is 10.9. The summed E-state index contributed by atoms with van der Waals surface area (Å²) in [6.45, 7) is 3.90. The van der Waals surface area contributed by atoms with Crippen molar-refractivity contribution in [3.63, 3.8) is 0 Å². The standard InChI is InChI=1S/C17H30N2O3Si.ClH/c1-5-16(14-15-10-7-6-8-11-15)17(18,19)12-9-13-23(20-2,21-3)22-4;/h5-8,10-11,16H,1,9,12-14,18-19H2,2-4H3;1H. The summed E-state index contributed by atoms with van der Waals surface area (Å²) in [4.78, 5) is 0. The second-order valence-electron chi connectivity index (χ2n) is 5.79. The molecule has 0 saturated heterocycles. The smallest absolute Gasteiger partial charge is 0.377 e. The lowest BCUT2D eigenvalue weighted by molar-refractivity contribution is 0.121. The molecule has 5 nitrogen and oxygen atoms in total. The highest BCUT2D eigenvalue weighted by Gasteiger charge is 2.38. The average molecular weight is 375 g/mol. The van der Waals surface area contributed by atoms with E-state index < -0.39 is 14.5 Å². The van der Waals surface area contributed by atoms with Crippen LogP contribution in [0.3, 0.4) is 0 Å². The highest BCUT2D eigenvalue weighted by molar-refractivity contribution is 6.60. The van der Waals surface area contributed by atoms with Gasteiger partial charge in [0.05, 0.1) is 5.66 Å². The lowest BCUT2D eigenvalue weighted by Gasteiger charge is -2.33. The third kappa shape index (κ3) is 6.64. The van der Waals surface area contributed by atoms with Crippen molar-refractivity contribution in [2.75, 3.05) is 21.3 Å². The van der Waals surface area contributed by atoms with E-state index in [-0.39, 0.29) is 18.3 Å². The zero-order valence-electron chi connectivity index (χ0n) is 14.9. The van der Waals surface area contributed by atoms with Crippen LogP contribution in [0.1, 0.15) is 18.4 Å². The van der Waals surface area contributed by atoms with Crippen LogP contribution in [0, 0.1) is 5.92 Å². The van der Waals surface area contributed by atoms with Crippen molar-refractivity contribution in [2.45, 2.75) is 31.0 Å². The minimum Gasteiger partial charge on any atom is -0.377 e. The summed E-state index contributed by atoms with van der Waals surface area (Å²) >= 11 is 0. The minimum absolute atomic E-state index is 0. The van der Waals surface area contributed by atoms with Crippen molar-refractivity contribution in [2.24, 2.45) is 17.4 Å². The van der Waals surface area contributed by atoms with Gasteiger partial charge in [-0.15, -0.1) is 19.0 Å². The Kier molecular flexibility index (Phi) is 10.7. The second-order valence-corrected chi connectivity index (χ2v) is 8.88. The number of rotatable bonds is 11. The molecule has 1 rings (SSSR count). The molecule has 0 radical (unpaired) electrons. The van der Waals surface area contributed by atoms with Crippen molar-refractivity contribution in [1.82, 2.24) is 0 Å². The highest BCUT2D eigenvalue weighted by Crippen LogP contribution is 2.24. The van der Waals surface area contributed by atoms with E-state index in [1.165, 1.54) is 5.56 Å². The molecule has 24 heavy (non-hydrogen) atoms. The molecule has 0 aliphatic heterocycles. The highest BCUT2D eigenvalue weighted by atomic mass is 35.5. The van der Waals surface area contributed by atoms with Crippen LogP contribution in [0.25, 0.3) is 0 Å². The molecule has 0 saturated carbocycles. The van der Waals surface area contributed by atoms with Crippen LogP contribution in [-0.2, 0) is 19.7 Å². The molecule has 1 aromatic rings. The molecule has 0 fully saturated rings. The molecular weight excluding hydrogens is 344 g/mol. The zero-order valence-corrected chi connectivity index (χ0v) is 16.7. The van der Waals surface area contributed by atoms with Crippen LogP contribution < -0.4 is 11.5 Å². The summed E-state index contributed by atoms with van der Waals surface area (Å²) in [5.41, 5.74) is 13.1. The van der Waals surface area contributed by atoms with E-state index in [4.69, 9.17) is 24.7 Å². The summed E-state index contributed by atoms with van der Waals surface area (Å²) in [5, 5.41) is 0. The summed E-state index contributed by atoms with van der Waals surface area (Å²) in [5.74, 6) is -0.00592. The van der Waals surface area contributed by atoms with Gasteiger partial charge in [-0.3, -0.25) is 0 Å². The molecule has 1 aromatic carbocycles. The van der Waals surface area contributed by atoms with Crippen LogP contribution in [0.4, 0.5) is 0 Å². The molecule has 0 heterocycles. The fraction of sp³-hybridized carbons (Fsp3) is 0.529. The summed E-state index contributed by atoms with van der Waals surface area (Å²) in [7, 11) is 2.26. The van der Waals surface area contributed by atoms with Gasteiger partial charge in [0.2, 0.25) is 0 Å². The van der Waals surface area contributed by atoms with Crippen molar-refractivity contribution >= 4 is 21.2 Å². The van der Waals surface area contributed by atoms with Gasteiger partial charge in [0, 0.05) is 33.3 Å². The molecule has 7 heteroatoms. The van der Waals surface area contributed by atoms with Crippen molar-refractivity contribution in [1.29, 1.82) is 0 Å². The molecule has 0 amide bonds. The minimum atomic E-state index is -2.57. The van der Waals surface area contributed by atoms with E-state index in [0.29, 0.717) is 12.5 Å². The molecule has 1 unspecified atom stereocenters. The van der Waals surface area contributed by atoms with Gasteiger partial charge >= 0.3 is 8.80 Å². The predicted molar refractivity (Wildman–Crippen MR) is 103 cm³/mol. The maximum Gasteiger partial charge on any atom is 0.500 e. The Balaban J connectivity index is 0.00000529. The van der Waals surface area contributed by atoms with Gasteiger partial charge in [0.1, 0.15) is 0 Å². The lowest BCUT2D eigenvalue weighted by Crippen LogP contribution is -2.56. The maximum atomic E-state index is 6.37. The Bertz CT molecular complexity index is 462. The number of nitrogens with two attached hydrogens (primary N) is 2. The molecule has 0 spiro atoms. The topological polar surface area (TPSA) is 79.7 Å². The first kappa shape index (κ1) is 23.3. The van der Waals surface area contributed by atoms with Crippen LogP contribution in [0.2, 0.25) is 6.04 Å². The molecule has 138 valence electrons. The Morgan fingerprint density at radius 3 is 2.12 bits per heavy atom. The quantitative estimate of drug-likeness (QED) is 0.353. The van der Waals surface area contributed by atoms with Gasteiger partial charge < -0.3 is 24.7 Å². The van der Waals surface area contributed by atoms with Gasteiger partial charge in [-0.1, -0.05) is 36.4 Å². The van der Waals surface area contributed by atoms with E-state index in [1.807, 2.05) is 24.3 Å². The number of benzene rings is 1. The molecule has 0 aliphatic rings. The van der Waals surface area contributed by atoms with Crippen LogP contribution in [-0.4, -0.2) is 35.8 Å². The number of halogens is 1. The Morgan fingerprint density at radius 2 is 1.67 bits per heavy atom. The first-order valence-electron chi connectivity index (χ1n) is 7.82. The molecule has 4 N–H and O–H groups in total. The van der Waals surface area contributed by atoms with Crippen molar-refractivity contribution in [3.05, 3.63) is 48.6 Å². The maximum absolute atomic E-state index is 6.37. The molecule has 0 bridgehead atoms. The van der Waals surface area contributed by atoms with Crippen LogP contribution >= 0.6 is 12.4 Å². The Hall–Kier alpha value is -0.733. The monoisotopic (exact) mass is 374 g/mol. The summed E-state index contributed by atoms with van der Waals surface area (Å²) < 4.78 is 16.3. The van der Waals surface area contributed by atoms with E-state index in [0.717, 1.165) is 12.8 Å². The first-order valence-corrected chi connectivity index (χ1v) is 9.76. The third-order valence-electron chi connectivity index (χ3n) is 4.30. The lowest BCUT2D eigenvalue weighted by atomic mass is 9.85. The van der Waals surface area contributed by atoms with Crippen LogP contribution in [0.15, 0.2) is 43.0 Å². The van der Waals surface area contributed by atoms with E-state index in [2.05, 4.69) is 18.7 Å². The fourth-order valence-electron chi connectivity index (χ4n) is 2.71. The summed E-state index contributed by atoms with van der Waals surface area (Å²) in [6.07, 6.45) is 4.04.